The highest BCUT2D eigenvalue weighted by Crippen LogP contribution is 2.13. The molecular weight excluding hydrogens is 212 g/mol. The minimum absolute atomic E-state index is 0.607. The van der Waals surface area contributed by atoms with Crippen molar-refractivity contribution in [3.8, 4) is 11.8 Å². The van der Waals surface area contributed by atoms with Gasteiger partial charge in [-0.25, -0.2) is 4.79 Å². The molecule has 0 fully saturated rings. The van der Waals surface area contributed by atoms with Gasteiger partial charge in [-0.2, -0.15) is 0 Å². The fourth-order valence-corrected chi connectivity index (χ4v) is 1.75. The predicted octanol–water partition coefficient (Wildman–Crippen LogP) is 3.05. The van der Waals surface area contributed by atoms with Gasteiger partial charge < -0.3 is 5.11 Å². The van der Waals surface area contributed by atoms with Crippen molar-refractivity contribution in [2.75, 3.05) is 0 Å². The van der Waals surface area contributed by atoms with Crippen LogP contribution in [-0.2, 0) is 17.6 Å². The van der Waals surface area contributed by atoms with Crippen LogP contribution in [0.3, 0.4) is 0 Å². The topological polar surface area (TPSA) is 37.3 Å². The smallest absolute Gasteiger partial charge is 0.381 e. The second-order valence-electron chi connectivity index (χ2n) is 3.98. The van der Waals surface area contributed by atoms with E-state index in [0.29, 0.717) is 6.42 Å². The Morgan fingerprint density at radius 3 is 2.47 bits per heavy atom. The Labute approximate surface area is 103 Å². The lowest BCUT2D eigenvalue weighted by atomic mass is 9.99. The normalized spacial score (nSPS) is 9.47. The van der Waals surface area contributed by atoms with Crippen LogP contribution in [0.4, 0.5) is 0 Å². The largest absolute Gasteiger partial charge is 0.472 e. The van der Waals surface area contributed by atoms with Gasteiger partial charge in [0.15, 0.2) is 0 Å². The van der Waals surface area contributed by atoms with Crippen LogP contribution in [0.1, 0.15) is 37.3 Å². The summed E-state index contributed by atoms with van der Waals surface area (Å²) in [5, 5.41) is 8.41. The molecule has 0 saturated carbocycles. The second kappa shape index (κ2) is 7.51. The minimum Gasteiger partial charge on any atom is -0.472 e. The lowest BCUT2D eigenvalue weighted by Gasteiger charge is -2.07. The van der Waals surface area contributed by atoms with Crippen molar-refractivity contribution in [1.29, 1.82) is 0 Å². The van der Waals surface area contributed by atoms with E-state index in [1.807, 2.05) is 6.07 Å². The molecule has 0 unspecified atom stereocenters. The van der Waals surface area contributed by atoms with Crippen LogP contribution < -0.4 is 0 Å². The molecule has 0 radical (unpaired) electrons. The van der Waals surface area contributed by atoms with Crippen molar-refractivity contribution in [3.63, 3.8) is 0 Å². The van der Waals surface area contributed by atoms with Crippen molar-refractivity contribution >= 4 is 5.97 Å². The maximum absolute atomic E-state index is 10.2. The second-order valence-corrected chi connectivity index (χ2v) is 3.98. The van der Waals surface area contributed by atoms with E-state index in [1.54, 1.807) is 0 Å². The molecule has 2 nitrogen and oxygen atoms in total. The van der Waals surface area contributed by atoms with Gasteiger partial charge in [-0.3, -0.25) is 0 Å². The van der Waals surface area contributed by atoms with Crippen molar-refractivity contribution in [2.45, 2.75) is 39.0 Å². The number of benzene rings is 1. The van der Waals surface area contributed by atoms with Gasteiger partial charge in [0.25, 0.3) is 0 Å². The van der Waals surface area contributed by atoms with Crippen LogP contribution in [0.15, 0.2) is 24.3 Å². The number of carbonyl (C=O) groups is 1. The molecule has 0 aliphatic heterocycles. The van der Waals surface area contributed by atoms with Gasteiger partial charge >= 0.3 is 5.97 Å². The van der Waals surface area contributed by atoms with Crippen LogP contribution in [0, 0.1) is 11.8 Å². The van der Waals surface area contributed by atoms with Gasteiger partial charge in [0.05, 0.1) is 0 Å². The van der Waals surface area contributed by atoms with E-state index < -0.39 is 5.97 Å². The molecule has 0 aliphatic rings. The van der Waals surface area contributed by atoms with E-state index in [2.05, 4.69) is 37.0 Å². The molecule has 0 aromatic heterocycles. The first kappa shape index (κ1) is 13.3. The Balaban J connectivity index is 2.58. The Hall–Kier alpha value is -1.75. The third-order valence-electron chi connectivity index (χ3n) is 2.63. The number of hydrogen-bond donors (Lipinski definition) is 1. The molecule has 90 valence electrons. The van der Waals surface area contributed by atoms with Gasteiger partial charge in [0.1, 0.15) is 0 Å². The van der Waals surface area contributed by atoms with Crippen molar-refractivity contribution in [2.24, 2.45) is 0 Å². The van der Waals surface area contributed by atoms with Gasteiger partial charge in [0, 0.05) is 12.3 Å². The first-order valence-electron chi connectivity index (χ1n) is 6.02. The third-order valence-corrected chi connectivity index (χ3v) is 2.63. The summed E-state index contributed by atoms with van der Waals surface area (Å²) in [5.74, 6) is 3.76. The first-order valence-corrected chi connectivity index (χ1v) is 6.02. The van der Waals surface area contributed by atoms with Gasteiger partial charge in [-0.05, 0) is 30.4 Å². The van der Waals surface area contributed by atoms with Crippen molar-refractivity contribution in [1.82, 2.24) is 0 Å². The maximum Gasteiger partial charge on any atom is 0.381 e. The minimum atomic E-state index is -1.05. The quantitative estimate of drug-likeness (QED) is 0.789. The average Bonchev–Trinajstić information content (AvgIpc) is 2.33. The molecular formula is C15H18O2. The van der Waals surface area contributed by atoms with Gasteiger partial charge in [-0.1, -0.05) is 43.5 Å². The highest BCUT2D eigenvalue weighted by molar-refractivity contribution is 5.86. The highest BCUT2D eigenvalue weighted by Gasteiger charge is 2.00. The van der Waals surface area contributed by atoms with Crippen molar-refractivity contribution in [3.05, 3.63) is 35.4 Å². The molecule has 0 spiro atoms. The van der Waals surface area contributed by atoms with E-state index in [9.17, 15) is 4.79 Å². The lowest BCUT2D eigenvalue weighted by molar-refractivity contribution is -0.130. The molecule has 1 rings (SSSR count). The standard InChI is InChI=1S/C15H18O2/c1-2-3-8-13-9-4-5-10-14(13)11-6-7-12-15(16)17/h4-5,9-10H,2-3,6,8,11H2,1H3,(H,16,17). The number of aliphatic carboxylic acids is 1. The molecule has 0 aliphatic carbocycles. The number of carboxylic acid groups (broad SMARTS) is 1. The molecule has 1 aromatic carbocycles. The fraction of sp³-hybridized carbons (Fsp3) is 0.400. The molecule has 0 bridgehead atoms. The Bertz CT molecular complexity index is 424. The molecule has 0 atom stereocenters. The summed E-state index contributed by atoms with van der Waals surface area (Å²) in [5.41, 5.74) is 2.66. The average molecular weight is 230 g/mol. The number of rotatable bonds is 5. The van der Waals surface area contributed by atoms with Gasteiger partial charge in [0.2, 0.25) is 0 Å². The zero-order chi connectivity index (χ0) is 12.5. The predicted molar refractivity (Wildman–Crippen MR) is 68.8 cm³/mol. The summed E-state index contributed by atoms with van der Waals surface area (Å²) in [7, 11) is 0. The molecule has 17 heavy (non-hydrogen) atoms. The summed E-state index contributed by atoms with van der Waals surface area (Å²) in [6, 6.07) is 8.33. The molecule has 1 aromatic rings. The molecule has 0 amide bonds. The number of carboxylic acids is 1. The zero-order valence-corrected chi connectivity index (χ0v) is 10.2. The van der Waals surface area contributed by atoms with Gasteiger partial charge in [-0.15, -0.1) is 0 Å². The van der Waals surface area contributed by atoms with Crippen LogP contribution in [0.25, 0.3) is 0 Å². The third kappa shape index (κ3) is 5.21. The Morgan fingerprint density at radius 1 is 1.24 bits per heavy atom. The fourth-order valence-electron chi connectivity index (χ4n) is 1.75. The van der Waals surface area contributed by atoms with E-state index in [4.69, 9.17) is 5.11 Å². The monoisotopic (exact) mass is 230 g/mol. The summed E-state index contributed by atoms with van der Waals surface area (Å²) in [4.78, 5) is 10.2. The van der Waals surface area contributed by atoms with Crippen molar-refractivity contribution < 1.29 is 9.90 Å². The van der Waals surface area contributed by atoms with E-state index in [1.165, 1.54) is 24.0 Å². The van der Waals surface area contributed by atoms with E-state index in [-0.39, 0.29) is 0 Å². The van der Waals surface area contributed by atoms with Crippen LogP contribution >= 0.6 is 0 Å². The lowest BCUT2D eigenvalue weighted by Crippen LogP contribution is -1.94. The number of aryl methyl sites for hydroxylation is 2. The summed E-state index contributed by atoms with van der Waals surface area (Å²) in [6.45, 7) is 2.18. The number of unbranched alkanes of at least 4 members (excludes halogenated alkanes) is 1. The van der Waals surface area contributed by atoms with Crippen LogP contribution in [0.2, 0.25) is 0 Å². The summed E-state index contributed by atoms with van der Waals surface area (Å²) < 4.78 is 0. The molecule has 2 heteroatoms. The number of hydrogen-bond acceptors (Lipinski definition) is 1. The van der Waals surface area contributed by atoms with Crippen LogP contribution in [0.5, 0.6) is 0 Å². The SMILES string of the molecule is CCCCc1ccccc1CCC#CC(=O)O. The van der Waals surface area contributed by atoms with E-state index in [0.717, 1.165) is 12.8 Å². The maximum atomic E-state index is 10.2. The van der Waals surface area contributed by atoms with E-state index >= 15 is 0 Å². The molecule has 0 saturated heterocycles. The zero-order valence-electron chi connectivity index (χ0n) is 10.2. The molecule has 1 N–H and O–H groups in total. The Morgan fingerprint density at radius 2 is 1.88 bits per heavy atom. The summed E-state index contributed by atoms with van der Waals surface area (Å²) >= 11 is 0. The van der Waals surface area contributed by atoms with Crippen LogP contribution in [-0.4, -0.2) is 11.1 Å². The highest BCUT2D eigenvalue weighted by atomic mass is 16.4. The Kier molecular flexibility index (Phi) is 5.88. The summed E-state index contributed by atoms with van der Waals surface area (Å²) in [6.07, 6.45) is 4.92. The first-order chi connectivity index (χ1) is 8.24. The molecule has 0 heterocycles.